The van der Waals surface area contributed by atoms with Gasteiger partial charge in [-0.1, -0.05) is 18.2 Å². The van der Waals surface area contributed by atoms with Crippen molar-refractivity contribution in [3.05, 3.63) is 76.4 Å². The molecule has 1 aliphatic rings. The zero-order valence-corrected chi connectivity index (χ0v) is 17.5. The van der Waals surface area contributed by atoms with Gasteiger partial charge in [0, 0.05) is 25.1 Å². The third kappa shape index (κ3) is 2.60. The Labute approximate surface area is 181 Å². The van der Waals surface area contributed by atoms with E-state index >= 15 is 0 Å². The second kappa shape index (κ2) is 6.74. The summed E-state index contributed by atoms with van der Waals surface area (Å²) in [6.45, 7) is 2.35. The molecule has 0 saturated carbocycles. The molecule has 5 aromatic rings. The largest absolute Gasteiger partial charge is 0.493 e. The van der Waals surface area contributed by atoms with Gasteiger partial charge in [-0.15, -0.1) is 0 Å². The predicted octanol–water partition coefficient (Wildman–Crippen LogP) is 3.29. The molecule has 3 aromatic heterocycles. The van der Waals surface area contributed by atoms with E-state index in [1.807, 2.05) is 31.2 Å². The molecule has 2 aromatic carbocycles. The first-order valence-corrected chi connectivity index (χ1v) is 10.3. The quantitative estimate of drug-likeness (QED) is 0.429. The number of fused-ring (bicyclic) bond motifs is 3. The summed E-state index contributed by atoms with van der Waals surface area (Å²) in [5.74, 6) is 0.741. The van der Waals surface area contributed by atoms with Crippen LogP contribution in [-0.4, -0.2) is 35.3 Å². The number of halogens is 1. The maximum atomic E-state index is 13.9. The summed E-state index contributed by atoms with van der Waals surface area (Å²) >= 11 is 0. The molecule has 1 atom stereocenters. The zero-order chi connectivity index (χ0) is 22.0. The highest BCUT2D eigenvalue weighted by atomic mass is 19.1. The first kappa shape index (κ1) is 18.7. The molecule has 1 aliphatic heterocycles. The topological polar surface area (TPSA) is 79.8 Å². The lowest BCUT2D eigenvalue weighted by atomic mass is 10.0. The van der Waals surface area contributed by atoms with Crippen LogP contribution >= 0.6 is 0 Å². The highest BCUT2D eigenvalue weighted by Gasteiger charge is 2.28. The molecule has 0 N–H and O–H groups in total. The van der Waals surface area contributed by atoms with Crippen LogP contribution in [0.3, 0.4) is 0 Å². The van der Waals surface area contributed by atoms with E-state index < -0.39 is 0 Å². The number of hydrogen-bond acceptors (Lipinski definition) is 5. The average molecular weight is 430 g/mol. The van der Waals surface area contributed by atoms with Gasteiger partial charge in [0.1, 0.15) is 23.4 Å². The second-order valence-corrected chi connectivity index (χ2v) is 7.93. The number of benzene rings is 2. The van der Waals surface area contributed by atoms with Gasteiger partial charge in [-0.05, 0) is 25.1 Å². The van der Waals surface area contributed by atoms with Gasteiger partial charge in [-0.2, -0.15) is 4.98 Å². The average Bonchev–Trinajstić information content (AvgIpc) is 3.32. The molecule has 6 rings (SSSR count). The van der Waals surface area contributed by atoms with Crippen LogP contribution in [0.1, 0.15) is 23.7 Å². The summed E-state index contributed by atoms with van der Waals surface area (Å²) in [5, 5.41) is 0. The molecule has 0 radical (unpaired) electrons. The summed E-state index contributed by atoms with van der Waals surface area (Å²) < 4.78 is 24.6. The van der Waals surface area contributed by atoms with Gasteiger partial charge in [0.25, 0.3) is 0 Å². The first-order chi connectivity index (χ1) is 15.5. The Bertz CT molecular complexity index is 1580. The van der Waals surface area contributed by atoms with Crippen LogP contribution in [0.4, 0.5) is 4.39 Å². The van der Waals surface area contributed by atoms with Crippen LogP contribution in [0.2, 0.25) is 0 Å². The van der Waals surface area contributed by atoms with Gasteiger partial charge in [-0.25, -0.2) is 19.2 Å². The van der Waals surface area contributed by atoms with Crippen LogP contribution in [0.25, 0.3) is 28.1 Å². The van der Waals surface area contributed by atoms with E-state index in [9.17, 15) is 9.18 Å². The Balaban J connectivity index is 1.63. The number of ether oxygens (including phenoxy) is 1. The molecule has 0 fully saturated rings. The third-order valence-electron chi connectivity index (χ3n) is 6.05. The van der Waals surface area contributed by atoms with Gasteiger partial charge in [0.2, 0.25) is 5.95 Å². The summed E-state index contributed by atoms with van der Waals surface area (Å²) in [6, 6.07) is 11.9. The Morgan fingerprint density at radius 3 is 2.88 bits per heavy atom. The van der Waals surface area contributed by atoms with Gasteiger partial charge in [0.05, 0.1) is 29.4 Å². The van der Waals surface area contributed by atoms with Gasteiger partial charge >= 0.3 is 5.69 Å². The highest BCUT2D eigenvalue weighted by molar-refractivity contribution is 5.79. The lowest BCUT2D eigenvalue weighted by Gasteiger charge is -2.26. The van der Waals surface area contributed by atoms with Gasteiger partial charge < -0.3 is 4.74 Å². The maximum absolute atomic E-state index is 13.9. The van der Waals surface area contributed by atoms with Gasteiger partial charge in [0.15, 0.2) is 5.65 Å². The molecular weight excluding hydrogens is 411 g/mol. The lowest BCUT2D eigenvalue weighted by Crippen LogP contribution is -2.30. The fourth-order valence-corrected chi connectivity index (χ4v) is 4.57. The van der Waals surface area contributed by atoms with Crippen LogP contribution < -0.4 is 10.4 Å². The molecule has 0 amide bonds. The number of imidazole rings is 2. The normalized spacial score (nSPS) is 15.8. The monoisotopic (exact) mass is 430 g/mol. The number of para-hydroxylation sites is 1. The molecule has 0 bridgehead atoms. The van der Waals surface area contributed by atoms with Crippen LogP contribution in [0.5, 0.6) is 5.75 Å². The van der Waals surface area contributed by atoms with Crippen molar-refractivity contribution in [2.45, 2.75) is 19.4 Å². The van der Waals surface area contributed by atoms with E-state index in [0.717, 1.165) is 11.3 Å². The van der Waals surface area contributed by atoms with Crippen LogP contribution in [0, 0.1) is 12.7 Å². The number of aromatic nitrogens is 6. The molecular formula is C23H19FN6O2. The summed E-state index contributed by atoms with van der Waals surface area (Å²) in [5.41, 5.74) is 3.82. The van der Waals surface area contributed by atoms with Crippen molar-refractivity contribution in [2.24, 2.45) is 7.05 Å². The van der Waals surface area contributed by atoms with Crippen molar-refractivity contribution < 1.29 is 9.13 Å². The molecule has 0 spiro atoms. The molecule has 0 unspecified atom stereocenters. The Hall–Kier alpha value is -4.01. The summed E-state index contributed by atoms with van der Waals surface area (Å²) in [7, 11) is 1.73. The first-order valence-electron chi connectivity index (χ1n) is 10.3. The van der Waals surface area contributed by atoms with Crippen molar-refractivity contribution in [1.29, 1.82) is 0 Å². The molecule has 160 valence electrons. The van der Waals surface area contributed by atoms with Crippen molar-refractivity contribution in [3.8, 4) is 11.7 Å². The van der Waals surface area contributed by atoms with Crippen molar-refractivity contribution in [3.63, 3.8) is 0 Å². The van der Waals surface area contributed by atoms with Crippen molar-refractivity contribution >= 4 is 22.2 Å². The third-order valence-corrected chi connectivity index (χ3v) is 6.05. The molecule has 8 nitrogen and oxygen atoms in total. The number of nitrogens with zero attached hydrogens (tertiary/aromatic N) is 6. The molecule has 0 aliphatic carbocycles. The predicted molar refractivity (Wildman–Crippen MR) is 117 cm³/mol. The molecule has 0 saturated heterocycles. The van der Waals surface area contributed by atoms with E-state index in [1.54, 1.807) is 33.1 Å². The Kier molecular flexibility index (Phi) is 3.95. The molecule has 4 heterocycles. The molecule has 9 heteroatoms. The summed E-state index contributed by atoms with van der Waals surface area (Å²) in [4.78, 5) is 27.1. The number of hydrogen-bond donors (Lipinski definition) is 0. The fourth-order valence-electron chi connectivity index (χ4n) is 4.57. The Morgan fingerprint density at radius 1 is 1.16 bits per heavy atom. The minimum Gasteiger partial charge on any atom is -0.493 e. The maximum Gasteiger partial charge on any atom is 0.330 e. The number of rotatable bonds is 2. The van der Waals surface area contributed by atoms with E-state index in [4.69, 9.17) is 9.72 Å². The minimum atomic E-state index is -0.368. The van der Waals surface area contributed by atoms with Crippen LogP contribution in [-0.2, 0) is 7.05 Å². The molecule has 32 heavy (non-hydrogen) atoms. The fraction of sp³-hybridized carbons (Fsp3) is 0.217. The van der Waals surface area contributed by atoms with E-state index in [0.29, 0.717) is 46.9 Å². The standard InChI is InChI=1S/C23H19FN6O2/c1-13-20-21(27-22(26-13)29-12-25-16-8-7-14(24)11-18(16)29)30(23(31)28(20)2)17-9-10-32-19-6-4-3-5-15(17)19/h3-8,11-12,17H,9-10H2,1-2H3/t17-/m1/s1. The van der Waals surface area contributed by atoms with E-state index in [-0.39, 0.29) is 17.5 Å². The summed E-state index contributed by atoms with van der Waals surface area (Å²) in [6.07, 6.45) is 2.22. The zero-order valence-electron chi connectivity index (χ0n) is 17.5. The lowest BCUT2D eigenvalue weighted by molar-refractivity contribution is 0.256. The minimum absolute atomic E-state index is 0.169. The second-order valence-electron chi connectivity index (χ2n) is 7.93. The van der Waals surface area contributed by atoms with Crippen molar-refractivity contribution in [1.82, 2.24) is 28.7 Å². The Morgan fingerprint density at radius 2 is 2.00 bits per heavy atom. The van der Waals surface area contributed by atoms with E-state index in [2.05, 4.69) is 9.97 Å². The highest BCUT2D eigenvalue weighted by Crippen LogP contribution is 2.35. The smallest absolute Gasteiger partial charge is 0.330 e. The number of aryl methyl sites for hydroxylation is 2. The van der Waals surface area contributed by atoms with Gasteiger partial charge in [-0.3, -0.25) is 13.7 Å². The van der Waals surface area contributed by atoms with E-state index in [1.165, 1.54) is 12.1 Å². The van der Waals surface area contributed by atoms with Crippen molar-refractivity contribution in [2.75, 3.05) is 6.61 Å². The van der Waals surface area contributed by atoms with Crippen LogP contribution in [0.15, 0.2) is 53.6 Å². The SMILES string of the molecule is Cc1nc(-n2cnc3ccc(F)cc32)nc2c1n(C)c(=O)n2[C@@H]1CCOc2ccccc21.